The van der Waals surface area contributed by atoms with Crippen LogP contribution >= 0.6 is 0 Å². The summed E-state index contributed by atoms with van der Waals surface area (Å²) in [6.45, 7) is 20.8. The van der Waals surface area contributed by atoms with Gasteiger partial charge in [0.15, 0.2) is 0 Å². The van der Waals surface area contributed by atoms with Crippen molar-refractivity contribution in [2.75, 3.05) is 0 Å². The maximum Gasteiger partial charge on any atom is 0.311 e. The number of hydrogen-bond donors (Lipinski definition) is 0. The number of ether oxygens (including phenoxy) is 6. The quantitative estimate of drug-likeness (QED) is 0.0819. The third-order valence-corrected chi connectivity index (χ3v) is 35.1. The van der Waals surface area contributed by atoms with Crippen LogP contribution in [0.5, 0.6) is 0 Å². The van der Waals surface area contributed by atoms with Gasteiger partial charge in [-0.05, 0) is 374 Å². The van der Waals surface area contributed by atoms with Crippen molar-refractivity contribution in [1.29, 1.82) is 0 Å². The second-order valence-corrected chi connectivity index (χ2v) is 39.8. The summed E-state index contributed by atoms with van der Waals surface area (Å²) in [6.07, 6.45) is 36.1. The van der Waals surface area contributed by atoms with Gasteiger partial charge in [-0.15, -0.1) is 0 Å². The minimum atomic E-state index is -0.405. The molecule has 97 heavy (non-hydrogen) atoms. The minimum absolute atomic E-state index is 0.00981. The lowest BCUT2D eigenvalue weighted by Gasteiger charge is -2.60. The van der Waals surface area contributed by atoms with E-state index in [4.69, 9.17) is 28.4 Å². The number of rotatable bonds is 16. The van der Waals surface area contributed by atoms with Gasteiger partial charge in [-0.1, -0.05) is 48.0 Å². The van der Waals surface area contributed by atoms with Gasteiger partial charge in [-0.2, -0.15) is 0 Å². The second-order valence-electron chi connectivity index (χ2n) is 39.8. The molecule has 0 amide bonds. The van der Waals surface area contributed by atoms with E-state index in [2.05, 4.69) is 41.5 Å². The Morgan fingerprint density at radius 2 is 0.742 bits per heavy atom. The van der Waals surface area contributed by atoms with Gasteiger partial charge in [-0.25, -0.2) is 0 Å². The Kier molecular flexibility index (Phi) is 17.1. The van der Waals surface area contributed by atoms with Crippen molar-refractivity contribution < 1.29 is 57.2 Å². The van der Waals surface area contributed by atoms with Crippen LogP contribution < -0.4 is 0 Å². The predicted octanol–water partition coefficient (Wildman–Crippen LogP) is 17.2. The molecule has 21 aliphatic carbocycles. The van der Waals surface area contributed by atoms with Gasteiger partial charge in [0.05, 0.1) is 35.0 Å². The van der Waals surface area contributed by atoms with E-state index in [1.54, 1.807) is 0 Å². The number of fused-ring (bicyclic) bond motifs is 27. The molecule has 0 N–H and O–H groups in total. The van der Waals surface area contributed by atoms with Gasteiger partial charge in [0.1, 0.15) is 35.1 Å². The summed E-state index contributed by atoms with van der Waals surface area (Å²) >= 11 is 0. The number of esters is 6. The van der Waals surface area contributed by atoms with Crippen molar-refractivity contribution in [1.82, 2.24) is 0 Å². The average Bonchev–Trinajstić information content (AvgIpc) is 1.67. The molecule has 0 spiro atoms. The highest BCUT2D eigenvalue weighted by molar-refractivity contribution is 5.77. The summed E-state index contributed by atoms with van der Waals surface area (Å²) in [7, 11) is 0. The zero-order valence-corrected chi connectivity index (χ0v) is 61.4. The van der Waals surface area contributed by atoms with Crippen molar-refractivity contribution in [3.8, 4) is 0 Å². The first kappa shape index (κ1) is 67.0. The Bertz CT molecular complexity index is 2990. The first-order chi connectivity index (χ1) is 46.5. The predicted molar refractivity (Wildman–Crippen MR) is 367 cm³/mol. The van der Waals surface area contributed by atoms with Crippen molar-refractivity contribution in [2.45, 2.75) is 303 Å². The summed E-state index contributed by atoms with van der Waals surface area (Å²) in [6, 6.07) is 0. The highest BCUT2D eigenvalue weighted by Gasteiger charge is 2.71. The molecule has 26 unspecified atom stereocenters. The molecule has 21 saturated carbocycles. The van der Waals surface area contributed by atoms with Crippen LogP contribution in [0.3, 0.4) is 0 Å². The van der Waals surface area contributed by atoms with Gasteiger partial charge in [-0.3, -0.25) is 28.8 Å². The van der Waals surface area contributed by atoms with E-state index in [1.807, 2.05) is 27.7 Å². The molecule has 26 atom stereocenters. The molecule has 20 bridgehead atoms. The van der Waals surface area contributed by atoms with Crippen LogP contribution in [0.4, 0.5) is 0 Å². The largest absolute Gasteiger partial charge is 0.462 e. The average molecular weight is 1340 g/mol. The molecule has 0 aliphatic heterocycles. The van der Waals surface area contributed by atoms with E-state index < -0.39 is 5.41 Å². The molecular formula is C85H126O12. The summed E-state index contributed by atoms with van der Waals surface area (Å²) in [4.78, 5) is 78.6. The van der Waals surface area contributed by atoms with Crippen molar-refractivity contribution in [3.05, 3.63) is 0 Å². The van der Waals surface area contributed by atoms with E-state index >= 15 is 0 Å². The monoisotopic (exact) mass is 1340 g/mol. The smallest absolute Gasteiger partial charge is 0.311 e. The van der Waals surface area contributed by atoms with Crippen LogP contribution in [0.15, 0.2) is 0 Å². The Morgan fingerprint density at radius 3 is 1.12 bits per heavy atom. The van der Waals surface area contributed by atoms with Crippen LogP contribution in [0.25, 0.3) is 0 Å². The van der Waals surface area contributed by atoms with Crippen LogP contribution in [-0.2, 0) is 57.2 Å². The molecule has 0 aromatic rings. The normalized spacial score (nSPS) is 51.4. The summed E-state index contributed by atoms with van der Waals surface area (Å²) in [5, 5.41) is 0. The Hall–Kier alpha value is -3.18. The van der Waals surface area contributed by atoms with Gasteiger partial charge in [0.2, 0.25) is 0 Å². The standard InChI is InChI=1S/C30H44O4.C29H42O4.C26H40O4/c1-4-15(3)28(31)33-25-14-19-13-24(25)27-22-11-18(26(19)27)12-23(22)29(32)34-30(5-2)20-7-16-6-17(9-20)10-21(30)8-16;1-4-14(2)27(30)32-24-13-18-12-23(24)26-21-10-17(25(18)26)11-22(21)28(31)33-29(3)19-6-15-5-16(8-19)9-20(29)7-15;1-5-25(2,3)24(28)29-20-14-16-13-19(20)22-17-11-15(21(16)22)12-18(17)23(27)30-26(4)9-7-6-8-10-26/h15-27H,4-14H2,1-3H3;14-26H,4-13H2,1-3H3;15-22H,5-14H2,1-4H3. The third-order valence-electron chi connectivity index (χ3n) is 35.1. The lowest BCUT2D eigenvalue weighted by Crippen LogP contribution is -2.60. The number of carbonyl (C=O) groups is 6. The topological polar surface area (TPSA) is 158 Å². The molecule has 0 radical (unpaired) electrons. The van der Waals surface area contributed by atoms with Crippen molar-refractivity contribution in [3.63, 3.8) is 0 Å². The van der Waals surface area contributed by atoms with Gasteiger partial charge < -0.3 is 28.4 Å². The van der Waals surface area contributed by atoms with Gasteiger partial charge in [0.25, 0.3) is 0 Å². The molecule has 21 aliphatic rings. The first-order valence-electron chi connectivity index (χ1n) is 41.8. The zero-order valence-electron chi connectivity index (χ0n) is 61.4. The van der Waals surface area contributed by atoms with E-state index in [0.29, 0.717) is 112 Å². The summed E-state index contributed by atoms with van der Waals surface area (Å²) < 4.78 is 37.7. The molecule has 0 aromatic heterocycles. The molecule has 538 valence electrons. The highest BCUT2D eigenvalue weighted by Crippen LogP contribution is 2.73. The fourth-order valence-electron chi connectivity index (χ4n) is 30.5. The molecule has 12 heteroatoms. The van der Waals surface area contributed by atoms with Crippen molar-refractivity contribution >= 4 is 35.8 Å². The van der Waals surface area contributed by atoms with Gasteiger partial charge >= 0.3 is 35.8 Å². The van der Waals surface area contributed by atoms with E-state index in [9.17, 15) is 28.8 Å². The molecule has 21 rings (SSSR count). The van der Waals surface area contributed by atoms with E-state index in [0.717, 1.165) is 118 Å². The zero-order chi connectivity index (χ0) is 67.3. The van der Waals surface area contributed by atoms with Crippen LogP contribution in [0.1, 0.15) is 268 Å². The third kappa shape index (κ3) is 10.8. The summed E-state index contributed by atoms with van der Waals surface area (Å²) in [5.74, 6) is 17.6. The Balaban J connectivity index is 0.000000110. The second kappa shape index (κ2) is 24.7. The van der Waals surface area contributed by atoms with Crippen LogP contribution in [-0.4, -0.2) is 70.9 Å². The number of carbonyl (C=O) groups excluding carboxylic acids is 6. The van der Waals surface area contributed by atoms with E-state index in [-0.39, 0.29) is 101 Å². The SMILES string of the molecule is CCC(C)(C)C(=O)OC1CC2CC1C1C3CC(CC3C(=O)OC3(C)CCCCC3)C21.CCC(C)C(=O)OC1CC2CC1C1C3CC(CC3C(=O)OC3(C)C4CC5CC(C4)CC3C5)C21.CCC(C)C(=O)OC1CC2CC1C1C3CC(CC3C(=O)OC3(CC)C4CC5CC(C4)CC3C5)C21. The minimum Gasteiger partial charge on any atom is -0.462 e. The highest BCUT2D eigenvalue weighted by atomic mass is 16.6. The molecule has 0 saturated heterocycles. The lowest BCUT2D eigenvalue weighted by molar-refractivity contribution is -0.217. The number of hydrogen-bond acceptors (Lipinski definition) is 12. The maximum absolute atomic E-state index is 13.9. The fourth-order valence-corrected chi connectivity index (χ4v) is 30.5. The Morgan fingerprint density at radius 1 is 0.392 bits per heavy atom. The molecular weight excluding hydrogens is 1210 g/mol. The molecule has 0 heterocycles. The van der Waals surface area contributed by atoms with Crippen molar-refractivity contribution in [2.24, 2.45) is 189 Å². The lowest BCUT2D eigenvalue weighted by atomic mass is 9.49. The molecule has 21 fully saturated rings. The molecule has 12 nitrogen and oxygen atoms in total. The first-order valence-corrected chi connectivity index (χ1v) is 41.8. The van der Waals surface area contributed by atoms with Gasteiger partial charge in [0, 0.05) is 0 Å². The maximum atomic E-state index is 13.9. The van der Waals surface area contributed by atoms with Crippen LogP contribution in [0.2, 0.25) is 0 Å². The Labute approximate surface area is 582 Å². The fraction of sp³-hybridized carbons (Fsp3) is 0.929. The van der Waals surface area contributed by atoms with Crippen LogP contribution in [0, 0.1) is 189 Å². The van der Waals surface area contributed by atoms with E-state index in [1.165, 1.54) is 122 Å². The molecule has 0 aromatic carbocycles. The summed E-state index contributed by atoms with van der Waals surface area (Å²) in [5.41, 5.74) is -1.03.